The highest BCUT2D eigenvalue weighted by molar-refractivity contribution is 9.10. The Hall–Kier alpha value is -1.47. The van der Waals surface area contributed by atoms with Crippen LogP contribution in [0, 0.1) is 0 Å². The molecule has 0 aromatic carbocycles. The number of hydrogen-bond acceptors (Lipinski definition) is 4. The Morgan fingerprint density at radius 3 is 3.14 bits per heavy atom. The number of carbonyl (C=O) groups excluding carboxylic acids is 1. The topological polar surface area (TPSA) is 72.7 Å². The summed E-state index contributed by atoms with van der Waals surface area (Å²) in [6.45, 7) is 2.78. The second-order valence-corrected chi connectivity index (χ2v) is 6.19. The number of nitrogens with one attached hydrogen (secondary N) is 1. The van der Waals surface area contributed by atoms with Crippen molar-refractivity contribution in [3.05, 3.63) is 39.1 Å². The standard InChI is InChI=1S/C13H13BrClN5O/c1-7(12-19-18-10-3-2-4-20(10)12)17-13(21)9-5-8(14)6-16-11(9)15/h5-7H,2-4H2,1H3,(H,17,21). The van der Waals surface area contributed by atoms with Gasteiger partial charge in [-0.2, -0.15) is 0 Å². The number of aromatic nitrogens is 4. The van der Waals surface area contributed by atoms with Crippen LogP contribution in [0.25, 0.3) is 0 Å². The Labute approximate surface area is 135 Å². The van der Waals surface area contributed by atoms with Crippen molar-refractivity contribution < 1.29 is 4.79 Å². The molecule has 1 aliphatic heterocycles. The number of halogens is 2. The van der Waals surface area contributed by atoms with Gasteiger partial charge in [0, 0.05) is 23.6 Å². The molecule has 3 rings (SSSR count). The van der Waals surface area contributed by atoms with Gasteiger partial charge in [-0.25, -0.2) is 4.98 Å². The zero-order chi connectivity index (χ0) is 15.0. The molecule has 1 atom stereocenters. The molecule has 0 aliphatic carbocycles. The molecule has 0 saturated carbocycles. The van der Waals surface area contributed by atoms with E-state index in [1.54, 1.807) is 12.3 Å². The van der Waals surface area contributed by atoms with Crippen LogP contribution in [0.15, 0.2) is 16.7 Å². The first-order valence-electron chi connectivity index (χ1n) is 6.60. The Bertz CT molecular complexity index is 702. The van der Waals surface area contributed by atoms with E-state index in [1.165, 1.54) is 0 Å². The lowest BCUT2D eigenvalue weighted by Gasteiger charge is -2.14. The summed E-state index contributed by atoms with van der Waals surface area (Å²) in [6, 6.07) is 1.40. The summed E-state index contributed by atoms with van der Waals surface area (Å²) in [6.07, 6.45) is 3.56. The monoisotopic (exact) mass is 369 g/mol. The summed E-state index contributed by atoms with van der Waals surface area (Å²) in [5.41, 5.74) is 0.332. The number of rotatable bonds is 3. The molecule has 0 spiro atoms. The molecule has 2 aromatic rings. The Morgan fingerprint density at radius 1 is 1.52 bits per heavy atom. The number of aryl methyl sites for hydroxylation is 1. The maximum Gasteiger partial charge on any atom is 0.255 e. The molecule has 3 heterocycles. The Kier molecular flexibility index (Phi) is 3.95. The zero-order valence-electron chi connectivity index (χ0n) is 11.3. The second-order valence-electron chi connectivity index (χ2n) is 4.92. The highest BCUT2D eigenvalue weighted by Gasteiger charge is 2.23. The van der Waals surface area contributed by atoms with Gasteiger partial charge in [-0.05, 0) is 35.3 Å². The first-order valence-corrected chi connectivity index (χ1v) is 7.77. The molecule has 21 heavy (non-hydrogen) atoms. The quantitative estimate of drug-likeness (QED) is 0.843. The van der Waals surface area contributed by atoms with Gasteiger partial charge in [-0.3, -0.25) is 4.79 Å². The van der Waals surface area contributed by atoms with Crippen molar-refractivity contribution in [2.45, 2.75) is 32.4 Å². The third-order valence-electron chi connectivity index (χ3n) is 3.42. The zero-order valence-corrected chi connectivity index (χ0v) is 13.6. The van der Waals surface area contributed by atoms with Crippen LogP contribution in [0.5, 0.6) is 0 Å². The average molecular weight is 371 g/mol. The molecule has 1 N–H and O–H groups in total. The summed E-state index contributed by atoms with van der Waals surface area (Å²) in [5, 5.41) is 11.4. The van der Waals surface area contributed by atoms with Gasteiger partial charge in [0.05, 0.1) is 11.6 Å². The predicted molar refractivity (Wildman–Crippen MR) is 81.2 cm³/mol. The number of carbonyl (C=O) groups is 1. The van der Waals surface area contributed by atoms with E-state index >= 15 is 0 Å². The van der Waals surface area contributed by atoms with E-state index in [0.717, 1.165) is 31.0 Å². The van der Waals surface area contributed by atoms with Gasteiger partial charge < -0.3 is 9.88 Å². The van der Waals surface area contributed by atoms with E-state index in [1.807, 2.05) is 6.92 Å². The van der Waals surface area contributed by atoms with Crippen molar-refractivity contribution in [3.8, 4) is 0 Å². The second kappa shape index (κ2) is 5.73. The van der Waals surface area contributed by atoms with Gasteiger partial charge in [0.1, 0.15) is 11.0 Å². The van der Waals surface area contributed by atoms with E-state index in [4.69, 9.17) is 11.6 Å². The van der Waals surface area contributed by atoms with Gasteiger partial charge >= 0.3 is 0 Å². The third-order valence-corrected chi connectivity index (χ3v) is 4.16. The first-order chi connectivity index (χ1) is 10.1. The lowest BCUT2D eigenvalue weighted by atomic mass is 10.2. The number of fused-ring (bicyclic) bond motifs is 1. The van der Waals surface area contributed by atoms with Crippen LogP contribution in [-0.4, -0.2) is 25.7 Å². The van der Waals surface area contributed by atoms with Gasteiger partial charge in [-0.15, -0.1) is 10.2 Å². The van der Waals surface area contributed by atoms with Crippen LogP contribution in [-0.2, 0) is 13.0 Å². The fourth-order valence-corrected chi connectivity index (χ4v) is 2.93. The van der Waals surface area contributed by atoms with E-state index in [0.29, 0.717) is 10.0 Å². The highest BCUT2D eigenvalue weighted by Crippen LogP contribution is 2.21. The number of nitrogens with zero attached hydrogens (tertiary/aromatic N) is 4. The van der Waals surface area contributed by atoms with Crippen molar-refractivity contribution in [3.63, 3.8) is 0 Å². The van der Waals surface area contributed by atoms with Gasteiger partial charge in [0.25, 0.3) is 5.91 Å². The molecule has 0 bridgehead atoms. The SMILES string of the molecule is CC(NC(=O)c1cc(Br)cnc1Cl)c1nnc2n1CCC2. The molecular formula is C13H13BrClN5O. The van der Waals surface area contributed by atoms with E-state index in [-0.39, 0.29) is 17.1 Å². The fraction of sp³-hybridized carbons (Fsp3) is 0.385. The number of amides is 1. The molecule has 0 fully saturated rings. The van der Waals surface area contributed by atoms with Crippen molar-refractivity contribution >= 4 is 33.4 Å². The lowest BCUT2D eigenvalue weighted by Crippen LogP contribution is -2.29. The van der Waals surface area contributed by atoms with Gasteiger partial charge in [0.15, 0.2) is 5.82 Å². The van der Waals surface area contributed by atoms with Crippen molar-refractivity contribution in [1.29, 1.82) is 0 Å². The van der Waals surface area contributed by atoms with E-state index in [2.05, 4.69) is 41.0 Å². The van der Waals surface area contributed by atoms with Gasteiger partial charge in [-0.1, -0.05) is 11.6 Å². The fourth-order valence-electron chi connectivity index (χ4n) is 2.41. The van der Waals surface area contributed by atoms with E-state index in [9.17, 15) is 4.79 Å². The minimum atomic E-state index is -0.281. The van der Waals surface area contributed by atoms with Gasteiger partial charge in [0.2, 0.25) is 0 Å². The summed E-state index contributed by atoms with van der Waals surface area (Å²) >= 11 is 9.25. The van der Waals surface area contributed by atoms with Crippen LogP contribution in [0.4, 0.5) is 0 Å². The molecule has 1 unspecified atom stereocenters. The molecule has 0 radical (unpaired) electrons. The van der Waals surface area contributed by atoms with Crippen LogP contribution in [0.3, 0.4) is 0 Å². The molecule has 1 aliphatic rings. The summed E-state index contributed by atoms with van der Waals surface area (Å²) in [7, 11) is 0. The number of pyridine rings is 1. The molecular weight excluding hydrogens is 358 g/mol. The van der Waals surface area contributed by atoms with Crippen LogP contribution >= 0.6 is 27.5 Å². The predicted octanol–water partition coefficient (Wildman–Crippen LogP) is 2.53. The summed E-state index contributed by atoms with van der Waals surface area (Å²) in [4.78, 5) is 16.3. The van der Waals surface area contributed by atoms with Crippen LogP contribution < -0.4 is 5.32 Å². The maximum absolute atomic E-state index is 12.3. The smallest absolute Gasteiger partial charge is 0.255 e. The molecule has 0 saturated heterocycles. The third kappa shape index (κ3) is 2.80. The Balaban J connectivity index is 1.79. The first kappa shape index (κ1) is 14.5. The largest absolute Gasteiger partial charge is 0.342 e. The Morgan fingerprint density at radius 2 is 2.33 bits per heavy atom. The number of hydrogen-bond donors (Lipinski definition) is 1. The minimum Gasteiger partial charge on any atom is -0.342 e. The lowest BCUT2D eigenvalue weighted by molar-refractivity contribution is 0.0937. The normalized spacial score (nSPS) is 14.8. The molecule has 6 nitrogen and oxygen atoms in total. The van der Waals surface area contributed by atoms with Crippen molar-refractivity contribution in [2.75, 3.05) is 0 Å². The summed E-state index contributed by atoms with van der Waals surface area (Å²) in [5.74, 6) is 1.47. The molecule has 110 valence electrons. The molecule has 8 heteroatoms. The molecule has 2 aromatic heterocycles. The average Bonchev–Trinajstić information content (AvgIpc) is 3.03. The summed E-state index contributed by atoms with van der Waals surface area (Å²) < 4.78 is 2.76. The van der Waals surface area contributed by atoms with Crippen LogP contribution in [0.1, 0.15) is 41.4 Å². The molecule has 1 amide bonds. The van der Waals surface area contributed by atoms with Crippen LogP contribution in [0.2, 0.25) is 5.15 Å². The van der Waals surface area contributed by atoms with Crippen molar-refractivity contribution in [1.82, 2.24) is 25.1 Å². The maximum atomic E-state index is 12.3. The van der Waals surface area contributed by atoms with E-state index < -0.39 is 0 Å². The van der Waals surface area contributed by atoms with Crippen molar-refractivity contribution in [2.24, 2.45) is 0 Å². The highest BCUT2D eigenvalue weighted by atomic mass is 79.9. The minimum absolute atomic E-state index is 0.175.